The predicted molar refractivity (Wildman–Crippen MR) is 60.5 cm³/mol. The number of nitrogens with one attached hydrogen (secondary N) is 1. The Morgan fingerprint density at radius 1 is 1.53 bits per heavy atom. The average Bonchev–Trinajstić information content (AvgIpc) is 2.72. The van der Waals surface area contributed by atoms with E-state index >= 15 is 0 Å². The zero-order valence-electron chi connectivity index (χ0n) is 8.45. The van der Waals surface area contributed by atoms with E-state index < -0.39 is 0 Å². The van der Waals surface area contributed by atoms with Crippen LogP contribution in [0.3, 0.4) is 0 Å². The van der Waals surface area contributed by atoms with Crippen molar-refractivity contribution >= 4 is 11.6 Å². The molecule has 1 aliphatic rings. The summed E-state index contributed by atoms with van der Waals surface area (Å²) >= 11 is 5.94. The standard InChI is InChI=1S/C11H15ClN2O/c12-9-4-1-3-8(7-9)11(14-13)10-5-2-6-15-10/h1,3-4,7,10-11,14H,2,5-6,13H2. The molecule has 0 amide bonds. The molecule has 3 N–H and O–H groups in total. The molecule has 3 nitrogen and oxygen atoms in total. The molecule has 4 heteroatoms. The molecule has 2 rings (SSSR count). The number of nitrogens with two attached hydrogens (primary N) is 1. The van der Waals surface area contributed by atoms with Gasteiger partial charge in [0.25, 0.3) is 0 Å². The highest BCUT2D eigenvalue weighted by Gasteiger charge is 2.26. The third-order valence-corrected chi connectivity index (χ3v) is 2.96. The lowest BCUT2D eigenvalue weighted by molar-refractivity contribution is 0.0783. The van der Waals surface area contributed by atoms with Crippen molar-refractivity contribution < 1.29 is 4.74 Å². The zero-order valence-corrected chi connectivity index (χ0v) is 9.20. The van der Waals surface area contributed by atoms with Crippen molar-refractivity contribution in [2.45, 2.75) is 25.0 Å². The lowest BCUT2D eigenvalue weighted by Gasteiger charge is -2.22. The Kier molecular flexibility index (Phi) is 3.59. The second-order valence-electron chi connectivity index (χ2n) is 3.75. The molecule has 1 aromatic rings. The minimum Gasteiger partial charge on any atom is -0.376 e. The summed E-state index contributed by atoms with van der Waals surface area (Å²) in [5.41, 5.74) is 3.88. The van der Waals surface area contributed by atoms with Crippen LogP contribution in [0.25, 0.3) is 0 Å². The Bertz CT molecular complexity index is 326. The first-order chi connectivity index (χ1) is 7.31. The molecule has 0 saturated carbocycles. The first kappa shape index (κ1) is 10.9. The van der Waals surface area contributed by atoms with E-state index in [1.54, 1.807) is 0 Å². The highest BCUT2D eigenvalue weighted by Crippen LogP contribution is 2.27. The van der Waals surface area contributed by atoms with Gasteiger partial charge in [0, 0.05) is 11.6 Å². The van der Waals surface area contributed by atoms with Gasteiger partial charge in [0.1, 0.15) is 0 Å². The van der Waals surface area contributed by atoms with Crippen LogP contribution >= 0.6 is 11.6 Å². The highest BCUT2D eigenvalue weighted by atomic mass is 35.5. The van der Waals surface area contributed by atoms with Crippen molar-refractivity contribution in [3.05, 3.63) is 34.9 Å². The third-order valence-electron chi connectivity index (χ3n) is 2.72. The van der Waals surface area contributed by atoms with E-state index in [4.69, 9.17) is 22.2 Å². The molecule has 0 aromatic heterocycles. The van der Waals surface area contributed by atoms with Gasteiger partial charge >= 0.3 is 0 Å². The molecule has 2 unspecified atom stereocenters. The molecule has 0 bridgehead atoms. The maximum atomic E-state index is 5.94. The fourth-order valence-electron chi connectivity index (χ4n) is 1.98. The van der Waals surface area contributed by atoms with E-state index in [1.165, 1.54) is 0 Å². The van der Waals surface area contributed by atoms with E-state index in [1.807, 2.05) is 24.3 Å². The summed E-state index contributed by atoms with van der Waals surface area (Å²) in [5, 5.41) is 0.728. The molecule has 1 saturated heterocycles. The zero-order chi connectivity index (χ0) is 10.7. The van der Waals surface area contributed by atoms with Gasteiger partial charge in [-0.2, -0.15) is 0 Å². The van der Waals surface area contributed by atoms with E-state index in [9.17, 15) is 0 Å². The molecule has 1 aliphatic heterocycles. The molecule has 1 heterocycles. The molecule has 1 fully saturated rings. The van der Waals surface area contributed by atoms with Crippen LogP contribution in [0.5, 0.6) is 0 Å². The predicted octanol–water partition coefficient (Wildman–Crippen LogP) is 2.02. The first-order valence-corrected chi connectivity index (χ1v) is 5.52. The lowest BCUT2D eigenvalue weighted by Crippen LogP contribution is -2.36. The van der Waals surface area contributed by atoms with Crippen LogP contribution in [0.15, 0.2) is 24.3 Å². The van der Waals surface area contributed by atoms with Gasteiger partial charge in [0.05, 0.1) is 12.1 Å². The number of hydrogen-bond acceptors (Lipinski definition) is 3. The van der Waals surface area contributed by atoms with Crippen LogP contribution in [0.4, 0.5) is 0 Å². The van der Waals surface area contributed by atoms with Crippen molar-refractivity contribution in [1.82, 2.24) is 5.43 Å². The van der Waals surface area contributed by atoms with Gasteiger partial charge in [-0.05, 0) is 30.5 Å². The Morgan fingerprint density at radius 3 is 3.00 bits per heavy atom. The molecule has 1 aromatic carbocycles. The average molecular weight is 227 g/mol. The summed E-state index contributed by atoms with van der Waals surface area (Å²) in [6.07, 6.45) is 2.30. The highest BCUT2D eigenvalue weighted by molar-refractivity contribution is 6.30. The number of halogens is 1. The quantitative estimate of drug-likeness (QED) is 0.613. The third kappa shape index (κ3) is 2.49. The Labute approximate surface area is 94.5 Å². The summed E-state index contributed by atoms with van der Waals surface area (Å²) in [6, 6.07) is 7.75. The molecule has 15 heavy (non-hydrogen) atoms. The molecule has 2 atom stereocenters. The van der Waals surface area contributed by atoms with Gasteiger partial charge in [-0.1, -0.05) is 23.7 Å². The van der Waals surface area contributed by atoms with Crippen LogP contribution in [-0.2, 0) is 4.74 Å². The van der Waals surface area contributed by atoms with Crippen molar-refractivity contribution in [1.29, 1.82) is 0 Å². The maximum absolute atomic E-state index is 5.94. The second-order valence-corrected chi connectivity index (χ2v) is 4.19. The van der Waals surface area contributed by atoms with Crippen molar-refractivity contribution in [3.8, 4) is 0 Å². The second kappa shape index (κ2) is 4.94. The van der Waals surface area contributed by atoms with Gasteiger partial charge in [-0.15, -0.1) is 0 Å². The monoisotopic (exact) mass is 226 g/mol. The summed E-state index contributed by atoms with van der Waals surface area (Å²) in [4.78, 5) is 0. The van der Waals surface area contributed by atoms with Crippen molar-refractivity contribution in [2.24, 2.45) is 5.84 Å². The Morgan fingerprint density at radius 2 is 2.40 bits per heavy atom. The van der Waals surface area contributed by atoms with E-state index in [0.29, 0.717) is 0 Å². The fourth-order valence-corrected chi connectivity index (χ4v) is 2.18. The largest absolute Gasteiger partial charge is 0.376 e. The van der Waals surface area contributed by atoms with Crippen LogP contribution in [0.1, 0.15) is 24.4 Å². The molecular formula is C11H15ClN2O. The van der Waals surface area contributed by atoms with Gasteiger partial charge in [0.2, 0.25) is 0 Å². The first-order valence-electron chi connectivity index (χ1n) is 5.14. The molecule has 0 aliphatic carbocycles. The molecule has 82 valence electrons. The van der Waals surface area contributed by atoms with Gasteiger partial charge in [0.15, 0.2) is 0 Å². The van der Waals surface area contributed by atoms with Gasteiger partial charge in [-0.25, -0.2) is 0 Å². The van der Waals surface area contributed by atoms with E-state index in [-0.39, 0.29) is 12.1 Å². The fraction of sp³-hybridized carbons (Fsp3) is 0.455. The lowest BCUT2D eigenvalue weighted by atomic mass is 10.0. The summed E-state index contributed by atoms with van der Waals surface area (Å²) < 4.78 is 5.61. The smallest absolute Gasteiger partial charge is 0.0783 e. The minimum absolute atomic E-state index is 0.0335. The number of hydrazine groups is 1. The van der Waals surface area contributed by atoms with Crippen LogP contribution < -0.4 is 11.3 Å². The normalized spacial score (nSPS) is 22.9. The van der Waals surface area contributed by atoms with Crippen LogP contribution in [0.2, 0.25) is 5.02 Å². The summed E-state index contributed by atoms with van der Waals surface area (Å²) in [5.74, 6) is 5.56. The van der Waals surface area contributed by atoms with E-state index in [2.05, 4.69) is 5.43 Å². The maximum Gasteiger partial charge on any atom is 0.0783 e. The molecular weight excluding hydrogens is 212 g/mol. The summed E-state index contributed by atoms with van der Waals surface area (Å²) in [7, 11) is 0. The van der Waals surface area contributed by atoms with Gasteiger partial charge in [-0.3, -0.25) is 11.3 Å². The number of benzene rings is 1. The minimum atomic E-state index is 0.0335. The Balaban J connectivity index is 2.18. The Hall–Kier alpha value is -0.610. The van der Waals surface area contributed by atoms with Crippen molar-refractivity contribution in [3.63, 3.8) is 0 Å². The van der Waals surface area contributed by atoms with Crippen LogP contribution in [-0.4, -0.2) is 12.7 Å². The van der Waals surface area contributed by atoms with E-state index in [0.717, 1.165) is 30.0 Å². The summed E-state index contributed by atoms with van der Waals surface area (Å²) in [6.45, 7) is 0.823. The number of rotatable bonds is 3. The number of ether oxygens (including phenoxy) is 1. The van der Waals surface area contributed by atoms with Gasteiger partial charge < -0.3 is 4.74 Å². The number of hydrogen-bond donors (Lipinski definition) is 2. The molecule has 0 radical (unpaired) electrons. The molecule has 0 spiro atoms. The van der Waals surface area contributed by atoms with Crippen LogP contribution in [0, 0.1) is 0 Å². The SMILES string of the molecule is NNC(c1cccc(Cl)c1)C1CCCO1. The van der Waals surface area contributed by atoms with Crippen molar-refractivity contribution in [2.75, 3.05) is 6.61 Å². The topological polar surface area (TPSA) is 47.3 Å².